The zero-order valence-corrected chi connectivity index (χ0v) is 10.6. The van der Waals surface area contributed by atoms with Crippen LogP contribution in [0, 0.1) is 11.8 Å². The minimum Gasteiger partial charge on any atom is -0.350 e. The lowest BCUT2D eigenvalue weighted by Crippen LogP contribution is -2.15. The number of ketones is 1. The molecule has 0 N–H and O–H groups in total. The third kappa shape index (κ3) is 2.05. The minimum absolute atomic E-state index is 0.352. The van der Waals surface area contributed by atoms with Crippen molar-refractivity contribution in [3.63, 3.8) is 0 Å². The summed E-state index contributed by atoms with van der Waals surface area (Å²) < 4.78 is 2.36. The Balaban J connectivity index is 1.78. The number of nitrogens with zero attached hydrogens (tertiary/aromatic N) is 1. The van der Waals surface area contributed by atoms with Gasteiger partial charge in [0.2, 0.25) is 0 Å². The fraction of sp³-hybridized carbons (Fsp3) is 0.667. The van der Waals surface area contributed by atoms with E-state index in [2.05, 4.69) is 17.7 Å². The Kier molecular flexibility index (Phi) is 2.81. The van der Waals surface area contributed by atoms with Gasteiger partial charge >= 0.3 is 0 Å². The van der Waals surface area contributed by atoms with E-state index in [4.69, 9.17) is 0 Å². The van der Waals surface area contributed by atoms with Crippen molar-refractivity contribution in [3.8, 4) is 0 Å². The van der Waals surface area contributed by atoms with E-state index in [1.165, 1.54) is 25.0 Å². The maximum Gasteiger partial charge on any atom is 0.164 e. The second-order valence-corrected chi connectivity index (χ2v) is 5.89. The van der Waals surface area contributed by atoms with Crippen LogP contribution in [0.3, 0.4) is 0 Å². The van der Waals surface area contributed by atoms with Gasteiger partial charge in [0.1, 0.15) is 0 Å². The first-order valence-electron chi connectivity index (χ1n) is 6.95. The molecule has 17 heavy (non-hydrogen) atoms. The molecule has 2 nitrogen and oxygen atoms in total. The fourth-order valence-electron chi connectivity index (χ4n) is 3.53. The number of carbonyl (C=O) groups is 1. The number of hydrogen-bond donors (Lipinski definition) is 0. The molecule has 3 rings (SSSR count). The normalized spacial score (nSPS) is 28.4. The smallest absolute Gasteiger partial charge is 0.164 e. The maximum atomic E-state index is 11.8. The van der Waals surface area contributed by atoms with Crippen LogP contribution in [0.4, 0.5) is 0 Å². The highest BCUT2D eigenvalue weighted by Gasteiger charge is 2.25. The number of Topliss-reactive ketones (excluding diaryl/α,β-unsaturated/α-hetero) is 1. The third-order valence-electron chi connectivity index (χ3n) is 4.45. The SMILES string of the molecule is CC1CCC(Cn2ccc3c2CCCC3=O)C1. The topological polar surface area (TPSA) is 22.0 Å². The van der Waals surface area contributed by atoms with Gasteiger partial charge in [0.25, 0.3) is 0 Å². The largest absolute Gasteiger partial charge is 0.350 e. The van der Waals surface area contributed by atoms with Crippen LogP contribution in [0.1, 0.15) is 55.1 Å². The number of carbonyl (C=O) groups excluding carboxylic acids is 1. The van der Waals surface area contributed by atoms with Crippen LogP contribution in [0.2, 0.25) is 0 Å². The van der Waals surface area contributed by atoms with Gasteiger partial charge < -0.3 is 4.57 Å². The average molecular weight is 231 g/mol. The number of rotatable bonds is 2. The van der Waals surface area contributed by atoms with Gasteiger partial charge in [0.15, 0.2) is 5.78 Å². The summed E-state index contributed by atoms with van der Waals surface area (Å²) in [4.78, 5) is 11.8. The number of fused-ring (bicyclic) bond motifs is 1. The van der Waals surface area contributed by atoms with Crippen molar-refractivity contribution in [1.82, 2.24) is 4.57 Å². The molecule has 92 valence electrons. The van der Waals surface area contributed by atoms with Crippen LogP contribution in [0.15, 0.2) is 12.3 Å². The zero-order chi connectivity index (χ0) is 11.8. The van der Waals surface area contributed by atoms with Crippen molar-refractivity contribution < 1.29 is 4.79 Å². The van der Waals surface area contributed by atoms with Crippen molar-refractivity contribution in [1.29, 1.82) is 0 Å². The molecule has 0 radical (unpaired) electrons. The number of hydrogen-bond acceptors (Lipinski definition) is 1. The lowest BCUT2D eigenvalue weighted by molar-refractivity contribution is 0.0971. The van der Waals surface area contributed by atoms with Crippen LogP contribution in [-0.4, -0.2) is 10.4 Å². The summed E-state index contributed by atoms with van der Waals surface area (Å²) in [7, 11) is 0. The molecule has 2 aliphatic carbocycles. The molecule has 0 aliphatic heterocycles. The molecule has 1 saturated carbocycles. The van der Waals surface area contributed by atoms with E-state index in [9.17, 15) is 4.79 Å². The van der Waals surface area contributed by atoms with Gasteiger partial charge in [-0.05, 0) is 43.6 Å². The summed E-state index contributed by atoms with van der Waals surface area (Å²) in [5, 5.41) is 0. The Morgan fingerprint density at radius 1 is 1.35 bits per heavy atom. The standard InChI is InChI=1S/C15H21NO/c1-11-5-6-12(9-11)10-16-8-7-13-14(16)3-2-4-15(13)17/h7-8,11-12H,2-6,9-10H2,1H3. The molecule has 0 saturated heterocycles. The van der Waals surface area contributed by atoms with Gasteiger partial charge in [-0.2, -0.15) is 0 Å². The average Bonchev–Trinajstić information content (AvgIpc) is 2.88. The molecule has 2 aliphatic rings. The van der Waals surface area contributed by atoms with E-state index in [1.54, 1.807) is 0 Å². The molecule has 1 aromatic rings. The predicted molar refractivity (Wildman–Crippen MR) is 68.2 cm³/mol. The molecule has 1 aromatic heterocycles. The first-order valence-corrected chi connectivity index (χ1v) is 6.95. The second-order valence-electron chi connectivity index (χ2n) is 5.89. The van der Waals surface area contributed by atoms with Crippen LogP contribution < -0.4 is 0 Å². The molecule has 0 bridgehead atoms. The van der Waals surface area contributed by atoms with Gasteiger partial charge in [-0.1, -0.05) is 13.3 Å². The van der Waals surface area contributed by atoms with Crippen molar-refractivity contribution in [2.75, 3.05) is 0 Å². The summed E-state index contributed by atoms with van der Waals surface area (Å²) in [6.07, 6.45) is 9.12. The molecule has 2 unspecified atom stereocenters. The summed E-state index contributed by atoms with van der Waals surface area (Å²) in [5.41, 5.74) is 2.31. The summed E-state index contributed by atoms with van der Waals surface area (Å²) in [6.45, 7) is 3.49. The molecule has 1 fully saturated rings. The lowest BCUT2D eigenvalue weighted by Gasteiger charge is -2.17. The Morgan fingerprint density at radius 3 is 3.00 bits per heavy atom. The van der Waals surface area contributed by atoms with E-state index in [0.717, 1.165) is 43.2 Å². The minimum atomic E-state index is 0.352. The van der Waals surface area contributed by atoms with Crippen LogP contribution in [0.5, 0.6) is 0 Å². The quantitative estimate of drug-likeness (QED) is 0.764. The molecule has 2 atom stereocenters. The lowest BCUT2D eigenvalue weighted by atomic mass is 9.96. The first-order chi connectivity index (χ1) is 8.24. The highest BCUT2D eigenvalue weighted by molar-refractivity contribution is 5.98. The monoisotopic (exact) mass is 231 g/mol. The van der Waals surface area contributed by atoms with Crippen molar-refractivity contribution in [2.45, 2.75) is 52.0 Å². The van der Waals surface area contributed by atoms with Gasteiger partial charge in [0.05, 0.1) is 0 Å². The fourth-order valence-corrected chi connectivity index (χ4v) is 3.53. The third-order valence-corrected chi connectivity index (χ3v) is 4.45. The molecular formula is C15H21NO. The Bertz CT molecular complexity index is 432. The van der Waals surface area contributed by atoms with Crippen LogP contribution in [-0.2, 0) is 13.0 Å². The summed E-state index contributed by atoms with van der Waals surface area (Å²) in [5.74, 6) is 2.08. The van der Waals surface area contributed by atoms with Gasteiger partial charge in [-0.25, -0.2) is 0 Å². The molecule has 0 aromatic carbocycles. The van der Waals surface area contributed by atoms with E-state index < -0.39 is 0 Å². The van der Waals surface area contributed by atoms with Crippen molar-refractivity contribution in [2.24, 2.45) is 11.8 Å². The van der Waals surface area contributed by atoms with E-state index in [-0.39, 0.29) is 0 Å². The Hall–Kier alpha value is -1.05. The van der Waals surface area contributed by atoms with Gasteiger partial charge in [-0.3, -0.25) is 4.79 Å². The zero-order valence-electron chi connectivity index (χ0n) is 10.6. The highest BCUT2D eigenvalue weighted by Crippen LogP contribution is 2.32. The predicted octanol–water partition coefficient (Wildman–Crippen LogP) is 3.44. The maximum absolute atomic E-state index is 11.8. The molecule has 1 heterocycles. The summed E-state index contributed by atoms with van der Waals surface area (Å²) in [6, 6.07) is 2.04. The second kappa shape index (κ2) is 4.32. The van der Waals surface area contributed by atoms with Gasteiger partial charge in [0, 0.05) is 30.4 Å². The van der Waals surface area contributed by atoms with E-state index in [0.29, 0.717) is 5.78 Å². The van der Waals surface area contributed by atoms with Crippen LogP contribution in [0.25, 0.3) is 0 Å². The van der Waals surface area contributed by atoms with Crippen molar-refractivity contribution >= 4 is 5.78 Å². The van der Waals surface area contributed by atoms with E-state index >= 15 is 0 Å². The van der Waals surface area contributed by atoms with Crippen molar-refractivity contribution in [3.05, 3.63) is 23.5 Å². The number of aromatic nitrogens is 1. The van der Waals surface area contributed by atoms with E-state index in [1.807, 2.05) is 6.07 Å². The van der Waals surface area contributed by atoms with Crippen LogP contribution >= 0.6 is 0 Å². The molecule has 0 spiro atoms. The highest BCUT2D eigenvalue weighted by atomic mass is 16.1. The Morgan fingerprint density at radius 2 is 2.24 bits per heavy atom. The molecular weight excluding hydrogens is 210 g/mol. The summed E-state index contributed by atoms with van der Waals surface area (Å²) >= 11 is 0. The molecule has 2 heteroatoms. The van der Waals surface area contributed by atoms with Gasteiger partial charge in [-0.15, -0.1) is 0 Å². The molecule has 0 amide bonds. The first kappa shape index (κ1) is 11.1. The Labute approximate surface area is 103 Å².